The van der Waals surface area contributed by atoms with Gasteiger partial charge in [-0.05, 0) is 12.5 Å². The van der Waals surface area contributed by atoms with Crippen molar-refractivity contribution in [3.63, 3.8) is 0 Å². The van der Waals surface area contributed by atoms with E-state index in [0.29, 0.717) is 13.2 Å². The number of nitrogens with two attached hydrogens (primary N) is 1. The molecule has 2 N–H and O–H groups in total. The molecule has 1 aliphatic rings. The Hall–Kier alpha value is -0.910. The molecule has 1 fully saturated rings. The lowest BCUT2D eigenvalue weighted by atomic mass is 9.99. The number of ether oxygens (including phenoxy) is 1. The second kappa shape index (κ2) is 4.89. The molecule has 1 saturated carbocycles. The summed E-state index contributed by atoms with van der Waals surface area (Å²) < 4.78 is 29.2. The zero-order valence-electron chi connectivity index (χ0n) is 11.6. The molecular weight excluding hydrogens is 262 g/mol. The van der Waals surface area contributed by atoms with Crippen LogP contribution >= 0.6 is 0 Å². The molecule has 19 heavy (non-hydrogen) atoms. The van der Waals surface area contributed by atoms with Gasteiger partial charge in [0.15, 0.2) is 9.84 Å². The highest BCUT2D eigenvalue weighted by Gasteiger charge is 2.69. The number of aryl methyl sites for hydroxylation is 1. The van der Waals surface area contributed by atoms with Crippen molar-refractivity contribution < 1.29 is 13.2 Å². The second-order valence-corrected chi connectivity index (χ2v) is 7.68. The Balaban J connectivity index is 2.40. The van der Waals surface area contributed by atoms with Gasteiger partial charge < -0.3 is 10.5 Å². The summed E-state index contributed by atoms with van der Waals surface area (Å²) in [6.07, 6.45) is 1.28. The van der Waals surface area contributed by atoms with Crippen LogP contribution in [0.25, 0.3) is 0 Å². The van der Waals surface area contributed by atoms with E-state index in [1.54, 1.807) is 7.11 Å². The van der Waals surface area contributed by atoms with E-state index in [-0.39, 0.29) is 5.92 Å². The zero-order valence-corrected chi connectivity index (χ0v) is 12.4. The van der Waals surface area contributed by atoms with Crippen LogP contribution in [0.1, 0.15) is 17.0 Å². The minimum Gasteiger partial charge on any atom is -0.384 e. The summed E-state index contributed by atoms with van der Waals surface area (Å²) in [6.45, 7) is 2.70. The van der Waals surface area contributed by atoms with Crippen molar-refractivity contribution in [3.05, 3.63) is 35.4 Å². The lowest BCUT2D eigenvalue weighted by Gasteiger charge is -2.14. The summed E-state index contributed by atoms with van der Waals surface area (Å²) in [5.41, 5.74) is 7.57. The highest BCUT2D eigenvalue weighted by atomic mass is 32.2. The molecule has 0 amide bonds. The van der Waals surface area contributed by atoms with Gasteiger partial charge in [0.2, 0.25) is 0 Å². The summed E-state index contributed by atoms with van der Waals surface area (Å²) in [6, 6.07) is 7.98. The third-order valence-corrected chi connectivity index (χ3v) is 5.73. The van der Waals surface area contributed by atoms with E-state index in [2.05, 4.69) is 0 Å². The molecule has 0 saturated heterocycles. The lowest BCUT2D eigenvalue weighted by molar-refractivity contribution is 0.142. The molecule has 106 valence electrons. The van der Waals surface area contributed by atoms with Gasteiger partial charge in [-0.25, -0.2) is 8.42 Å². The Morgan fingerprint density at radius 2 is 1.89 bits per heavy atom. The minimum absolute atomic E-state index is 0.0620. The smallest absolute Gasteiger partial charge is 0.151 e. The molecule has 2 rings (SSSR count). The van der Waals surface area contributed by atoms with Crippen LogP contribution in [0.4, 0.5) is 0 Å². The first-order valence-electron chi connectivity index (χ1n) is 6.31. The maximum Gasteiger partial charge on any atom is 0.151 e. The Labute approximate surface area is 114 Å². The summed E-state index contributed by atoms with van der Waals surface area (Å²) in [7, 11) is -1.55. The first-order valence-corrected chi connectivity index (χ1v) is 8.26. The molecule has 1 aromatic rings. The van der Waals surface area contributed by atoms with Crippen molar-refractivity contribution in [2.75, 3.05) is 26.5 Å². The van der Waals surface area contributed by atoms with Crippen LogP contribution in [0, 0.1) is 12.3 Å². The zero-order chi connectivity index (χ0) is 14.3. The van der Waals surface area contributed by atoms with Gasteiger partial charge in [0.25, 0.3) is 0 Å². The molecule has 0 bridgehead atoms. The molecule has 0 heterocycles. The Bertz CT molecular complexity index is 553. The number of benzene rings is 1. The minimum atomic E-state index is -3.14. The van der Waals surface area contributed by atoms with Crippen molar-refractivity contribution in [1.29, 1.82) is 0 Å². The fourth-order valence-electron chi connectivity index (χ4n) is 3.15. The quantitative estimate of drug-likeness (QED) is 0.878. The molecule has 3 atom stereocenters. The average molecular weight is 283 g/mol. The first-order chi connectivity index (χ1) is 8.86. The maximum absolute atomic E-state index is 12.0. The lowest BCUT2D eigenvalue weighted by Crippen LogP contribution is -2.28. The molecule has 1 aliphatic carbocycles. The van der Waals surface area contributed by atoms with Crippen LogP contribution in [0.2, 0.25) is 0 Å². The van der Waals surface area contributed by atoms with E-state index < -0.39 is 20.5 Å². The maximum atomic E-state index is 12.0. The largest absolute Gasteiger partial charge is 0.384 e. The third-order valence-electron chi connectivity index (χ3n) is 4.07. The predicted molar refractivity (Wildman–Crippen MR) is 75.9 cm³/mol. The molecule has 0 aromatic heterocycles. The standard InChI is InChI=1S/C14H21NO3S/c1-10-4-6-11(7-5-10)12-13(19(3,16)17)14(12,8-15)9-18-2/h4-7,12-13H,8-9,15H2,1-3H3/t12-,13-,14+/m0/s1. The van der Waals surface area contributed by atoms with Crippen molar-refractivity contribution in [2.24, 2.45) is 11.1 Å². The van der Waals surface area contributed by atoms with E-state index >= 15 is 0 Å². The van der Waals surface area contributed by atoms with Crippen LogP contribution in [-0.4, -0.2) is 40.2 Å². The molecule has 0 unspecified atom stereocenters. The van der Waals surface area contributed by atoms with Gasteiger partial charge in [-0.2, -0.15) is 0 Å². The van der Waals surface area contributed by atoms with E-state index in [1.165, 1.54) is 6.26 Å². The highest BCUT2D eigenvalue weighted by molar-refractivity contribution is 7.91. The van der Waals surface area contributed by atoms with Crippen LogP contribution in [0.3, 0.4) is 0 Å². The fraction of sp³-hybridized carbons (Fsp3) is 0.571. The van der Waals surface area contributed by atoms with E-state index in [4.69, 9.17) is 10.5 Å². The SMILES string of the molecule is COC[C@]1(CN)[C@@H](c2ccc(C)cc2)[C@@H]1S(C)(=O)=O. The van der Waals surface area contributed by atoms with E-state index in [1.807, 2.05) is 31.2 Å². The van der Waals surface area contributed by atoms with Crippen molar-refractivity contribution >= 4 is 9.84 Å². The van der Waals surface area contributed by atoms with Gasteiger partial charge in [-0.15, -0.1) is 0 Å². The summed E-state index contributed by atoms with van der Waals surface area (Å²) in [5, 5.41) is -0.437. The first kappa shape index (κ1) is 14.5. The Morgan fingerprint density at radius 1 is 1.32 bits per heavy atom. The molecule has 0 aliphatic heterocycles. The number of methoxy groups -OCH3 is 1. The van der Waals surface area contributed by atoms with Gasteiger partial charge >= 0.3 is 0 Å². The molecule has 4 nitrogen and oxygen atoms in total. The molecule has 1 aromatic carbocycles. The van der Waals surface area contributed by atoms with Gasteiger partial charge in [-0.3, -0.25) is 0 Å². The van der Waals surface area contributed by atoms with Crippen LogP contribution < -0.4 is 5.73 Å². The monoisotopic (exact) mass is 283 g/mol. The summed E-state index contributed by atoms with van der Waals surface area (Å²) in [4.78, 5) is 0. The summed E-state index contributed by atoms with van der Waals surface area (Å²) in [5.74, 6) is -0.0620. The highest BCUT2D eigenvalue weighted by Crippen LogP contribution is 2.62. The third kappa shape index (κ3) is 2.42. The van der Waals surface area contributed by atoms with Crippen molar-refractivity contribution in [3.8, 4) is 0 Å². The van der Waals surface area contributed by atoms with Crippen molar-refractivity contribution in [1.82, 2.24) is 0 Å². The van der Waals surface area contributed by atoms with Crippen molar-refractivity contribution in [2.45, 2.75) is 18.1 Å². The predicted octanol–water partition coefficient (Wildman–Crippen LogP) is 1.10. The number of hydrogen-bond donors (Lipinski definition) is 1. The normalized spacial score (nSPS) is 30.3. The summed E-state index contributed by atoms with van der Waals surface area (Å²) >= 11 is 0. The van der Waals surface area contributed by atoms with Crippen LogP contribution in [-0.2, 0) is 14.6 Å². The Morgan fingerprint density at radius 3 is 2.32 bits per heavy atom. The van der Waals surface area contributed by atoms with Crippen LogP contribution in [0.15, 0.2) is 24.3 Å². The van der Waals surface area contributed by atoms with Gasteiger partial charge in [0.1, 0.15) is 0 Å². The number of rotatable bonds is 5. The molecule has 5 heteroatoms. The van der Waals surface area contributed by atoms with Gasteiger partial charge in [0.05, 0.1) is 11.9 Å². The fourth-order valence-corrected chi connectivity index (χ4v) is 5.16. The molecular formula is C14H21NO3S. The molecule has 0 radical (unpaired) electrons. The van der Waals surface area contributed by atoms with Gasteiger partial charge in [0, 0.05) is 31.2 Å². The number of hydrogen-bond acceptors (Lipinski definition) is 4. The Kier molecular flexibility index (Phi) is 3.73. The average Bonchev–Trinajstić information content (AvgIpc) is 3.00. The van der Waals surface area contributed by atoms with Gasteiger partial charge in [-0.1, -0.05) is 29.8 Å². The van der Waals surface area contributed by atoms with E-state index in [0.717, 1.165) is 11.1 Å². The molecule has 0 spiro atoms. The second-order valence-electron chi connectivity index (χ2n) is 5.51. The van der Waals surface area contributed by atoms with E-state index in [9.17, 15) is 8.42 Å². The van der Waals surface area contributed by atoms with Crippen LogP contribution in [0.5, 0.6) is 0 Å². The number of sulfone groups is 1. The topological polar surface area (TPSA) is 69.4 Å².